The van der Waals surface area contributed by atoms with Crippen LogP contribution < -0.4 is 5.76 Å². The highest BCUT2D eigenvalue weighted by Gasteiger charge is 2.03. The minimum absolute atomic E-state index is 0.447. The van der Waals surface area contributed by atoms with Gasteiger partial charge in [0.2, 0.25) is 0 Å². The van der Waals surface area contributed by atoms with Crippen molar-refractivity contribution in [3.63, 3.8) is 0 Å². The molecule has 0 amide bonds. The highest BCUT2D eigenvalue weighted by Crippen LogP contribution is 2.05. The number of aromatic nitrogens is 1. The topological polar surface area (TPSA) is 46.0 Å². The average molecular weight is 151 g/mol. The maximum atomic E-state index is 10.6. The predicted octanol–water partition coefficient (Wildman–Crippen LogP) is 1.34. The molecule has 1 N–H and O–H groups in total. The van der Waals surface area contributed by atoms with Crippen LogP contribution in [0.3, 0.4) is 0 Å². The lowest BCUT2D eigenvalue weighted by Gasteiger charge is -1.87. The molecule has 0 aliphatic rings. The van der Waals surface area contributed by atoms with E-state index >= 15 is 0 Å². The molecule has 1 rings (SSSR count). The van der Waals surface area contributed by atoms with Crippen molar-refractivity contribution >= 4 is 6.08 Å². The van der Waals surface area contributed by atoms with Gasteiger partial charge in [0.05, 0.1) is 5.69 Å². The van der Waals surface area contributed by atoms with Crippen LogP contribution in [0, 0.1) is 0 Å². The lowest BCUT2D eigenvalue weighted by molar-refractivity contribution is 0.479. The van der Waals surface area contributed by atoms with Gasteiger partial charge >= 0.3 is 5.76 Å². The van der Waals surface area contributed by atoms with Crippen molar-refractivity contribution in [2.24, 2.45) is 0 Å². The van der Waals surface area contributed by atoms with Crippen molar-refractivity contribution in [2.45, 2.75) is 6.42 Å². The van der Waals surface area contributed by atoms with Gasteiger partial charge in [0.1, 0.15) is 5.76 Å². The second kappa shape index (κ2) is 3.05. The van der Waals surface area contributed by atoms with Crippen molar-refractivity contribution < 1.29 is 4.42 Å². The van der Waals surface area contributed by atoms with E-state index in [-0.39, 0.29) is 0 Å². The third kappa shape index (κ3) is 1.49. The maximum absolute atomic E-state index is 10.6. The Bertz CT molecular complexity index is 319. The zero-order valence-corrected chi connectivity index (χ0v) is 6.09. The maximum Gasteiger partial charge on any atom is 0.416 e. The molecule has 3 heteroatoms. The molecule has 0 bridgehead atoms. The first-order valence-corrected chi connectivity index (χ1v) is 3.23. The van der Waals surface area contributed by atoms with Gasteiger partial charge in [0.15, 0.2) is 0 Å². The third-order valence-electron chi connectivity index (χ3n) is 1.29. The fourth-order valence-corrected chi connectivity index (χ4v) is 0.820. The van der Waals surface area contributed by atoms with Crippen molar-refractivity contribution in [2.75, 3.05) is 0 Å². The first-order valence-electron chi connectivity index (χ1n) is 3.23. The van der Waals surface area contributed by atoms with E-state index in [4.69, 9.17) is 4.42 Å². The number of rotatable bonds is 3. The molecule has 0 aromatic carbocycles. The number of H-pyrrole nitrogens is 1. The zero-order valence-electron chi connectivity index (χ0n) is 6.09. The zero-order chi connectivity index (χ0) is 8.27. The summed E-state index contributed by atoms with van der Waals surface area (Å²) in [6, 6.07) is 0. The Morgan fingerprint density at radius 1 is 1.55 bits per heavy atom. The van der Waals surface area contributed by atoms with Crippen LogP contribution in [0.2, 0.25) is 0 Å². The quantitative estimate of drug-likeness (QED) is 0.662. The Kier molecular flexibility index (Phi) is 2.11. The van der Waals surface area contributed by atoms with Crippen LogP contribution in [-0.4, -0.2) is 4.98 Å². The average Bonchev–Trinajstić information content (AvgIpc) is 2.32. The molecule has 0 aliphatic heterocycles. The molecule has 0 spiro atoms. The lowest BCUT2D eigenvalue weighted by Crippen LogP contribution is -1.94. The van der Waals surface area contributed by atoms with E-state index < -0.39 is 5.76 Å². The molecule has 0 atom stereocenters. The second-order valence-electron chi connectivity index (χ2n) is 2.05. The molecule has 0 radical (unpaired) electrons. The summed E-state index contributed by atoms with van der Waals surface area (Å²) in [7, 11) is 0. The number of allylic oxidation sites excluding steroid dienone is 1. The van der Waals surface area contributed by atoms with E-state index in [0.29, 0.717) is 17.9 Å². The molecule has 1 heterocycles. The van der Waals surface area contributed by atoms with Crippen molar-refractivity contribution in [3.05, 3.63) is 41.2 Å². The van der Waals surface area contributed by atoms with E-state index in [1.165, 1.54) is 0 Å². The molecule has 1 aromatic heterocycles. The van der Waals surface area contributed by atoms with Crippen LogP contribution in [0.1, 0.15) is 11.5 Å². The molecular formula is C8H9NO2. The summed E-state index contributed by atoms with van der Waals surface area (Å²) < 4.78 is 4.79. The molecule has 0 saturated carbocycles. The van der Waals surface area contributed by atoms with Gasteiger partial charge in [-0.1, -0.05) is 12.7 Å². The van der Waals surface area contributed by atoms with Crippen LogP contribution >= 0.6 is 0 Å². The van der Waals surface area contributed by atoms with Crippen molar-refractivity contribution in [3.8, 4) is 0 Å². The predicted molar refractivity (Wildman–Crippen MR) is 43.3 cm³/mol. The first kappa shape index (κ1) is 7.60. The largest absolute Gasteiger partial charge is 0.416 e. The van der Waals surface area contributed by atoms with Crippen LogP contribution in [-0.2, 0) is 6.42 Å². The van der Waals surface area contributed by atoms with Gasteiger partial charge < -0.3 is 4.42 Å². The summed E-state index contributed by atoms with van der Waals surface area (Å²) in [4.78, 5) is 13.1. The number of hydrogen-bond acceptors (Lipinski definition) is 2. The van der Waals surface area contributed by atoms with E-state index in [1.807, 2.05) is 0 Å². The molecule has 58 valence electrons. The Balaban J connectivity index is 3.10. The van der Waals surface area contributed by atoms with Gasteiger partial charge in [0.25, 0.3) is 0 Å². The Morgan fingerprint density at radius 3 is 2.82 bits per heavy atom. The van der Waals surface area contributed by atoms with E-state index in [1.54, 1.807) is 12.2 Å². The molecule has 0 saturated heterocycles. The monoisotopic (exact) mass is 151 g/mol. The summed E-state index contributed by atoms with van der Waals surface area (Å²) in [5.41, 5.74) is 0.634. The molecule has 0 aliphatic carbocycles. The number of oxazole rings is 1. The fraction of sp³-hybridized carbons (Fsp3) is 0.125. The summed E-state index contributed by atoms with van der Waals surface area (Å²) >= 11 is 0. The Labute approximate surface area is 64.1 Å². The molecule has 1 aromatic rings. The van der Waals surface area contributed by atoms with Crippen molar-refractivity contribution in [1.82, 2.24) is 4.98 Å². The van der Waals surface area contributed by atoms with Gasteiger partial charge in [0, 0.05) is 6.42 Å². The summed E-state index contributed by atoms with van der Waals surface area (Å²) in [5, 5.41) is 0. The molecule has 0 fully saturated rings. The van der Waals surface area contributed by atoms with Crippen molar-refractivity contribution in [1.29, 1.82) is 0 Å². The first-order chi connectivity index (χ1) is 5.27. The number of hydrogen-bond donors (Lipinski definition) is 1. The van der Waals surface area contributed by atoms with Crippen LogP contribution in [0.15, 0.2) is 28.4 Å². The van der Waals surface area contributed by atoms with Gasteiger partial charge in [-0.05, 0) is 6.08 Å². The number of aromatic amines is 1. The lowest BCUT2D eigenvalue weighted by atomic mass is 10.2. The SMILES string of the molecule is C=CCc1oc(=O)[nH]c1C=C. The van der Waals surface area contributed by atoms with E-state index in [0.717, 1.165) is 0 Å². The normalized spacial score (nSPS) is 9.45. The molecule has 0 unspecified atom stereocenters. The smallest absolute Gasteiger partial charge is 0.412 e. The van der Waals surface area contributed by atoms with E-state index in [2.05, 4.69) is 18.1 Å². The van der Waals surface area contributed by atoms with Gasteiger partial charge in [-0.15, -0.1) is 6.58 Å². The van der Waals surface area contributed by atoms with E-state index in [9.17, 15) is 4.79 Å². The Hall–Kier alpha value is -1.51. The Morgan fingerprint density at radius 2 is 2.27 bits per heavy atom. The molecular weight excluding hydrogens is 142 g/mol. The third-order valence-corrected chi connectivity index (χ3v) is 1.29. The summed E-state index contributed by atoms with van der Waals surface area (Å²) in [6.45, 7) is 7.05. The minimum atomic E-state index is -0.447. The van der Waals surface area contributed by atoms with Crippen LogP contribution in [0.4, 0.5) is 0 Å². The molecule has 3 nitrogen and oxygen atoms in total. The summed E-state index contributed by atoms with van der Waals surface area (Å²) in [5.74, 6) is 0.136. The van der Waals surface area contributed by atoms with Gasteiger partial charge in [-0.3, -0.25) is 4.98 Å². The number of nitrogens with one attached hydrogen (secondary N) is 1. The molecule has 11 heavy (non-hydrogen) atoms. The summed E-state index contributed by atoms with van der Waals surface area (Å²) in [6.07, 6.45) is 3.75. The highest BCUT2D eigenvalue weighted by atomic mass is 16.4. The second-order valence-corrected chi connectivity index (χ2v) is 2.05. The van der Waals surface area contributed by atoms with Crippen LogP contribution in [0.25, 0.3) is 6.08 Å². The minimum Gasteiger partial charge on any atom is -0.412 e. The van der Waals surface area contributed by atoms with Gasteiger partial charge in [-0.2, -0.15) is 0 Å². The highest BCUT2D eigenvalue weighted by molar-refractivity contribution is 5.43. The standard InChI is InChI=1S/C8H9NO2/c1-3-5-7-6(4-2)9-8(10)11-7/h3-4H,1-2,5H2,(H,9,10). The van der Waals surface area contributed by atoms with Gasteiger partial charge in [-0.25, -0.2) is 4.79 Å². The fourth-order valence-electron chi connectivity index (χ4n) is 0.820. The van der Waals surface area contributed by atoms with Crippen LogP contribution in [0.5, 0.6) is 0 Å².